The first kappa shape index (κ1) is 15.9. The number of hydrogen-bond acceptors (Lipinski definition) is 4. The maximum absolute atomic E-state index is 12.4. The summed E-state index contributed by atoms with van der Waals surface area (Å²) in [6, 6.07) is -0.0984. The van der Waals surface area contributed by atoms with Gasteiger partial charge in [0.2, 0.25) is 0 Å². The van der Waals surface area contributed by atoms with Crippen LogP contribution in [0.25, 0.3) is 0 Å². The maximum Gasteiger partial charge on any atom is 0.573 e. The normalized spacial score (nSPS) is 12.2. The molecule has 0 fully saturated rings. The molecule has 1 aromatic rings. The van der Waals surface area contributed by atoms with E-state index in [1.165, 1.54) is 0 Å². The van der Waals surface area contributed by atoms with Crippen LogP contribution in [0.4, 0.5) is 26.3 Å². The van der Waals surface area contributed by atoms with E-state index in [4.69, 9.17) is 5.11 Å². The van der Waals surface area contributed by atoms with Gasteiger partial charge in [-0.15, -0.1) is 13.2 Å². The molecule has 112 valence electrons. The highest BCUT2D eigenvalue weighted by Gasteiger charge is 2.39. The van der Waals surface area contributed by atoms with Gasteiger partial charge in [-0.05, 0) is 0 Å². The van der Waals surface area contributed by atoms with Crippen LogP contribution >= 0.6 is 0 Å². The lowest BCUT2D eigenvalue weighted by molar-refractivity contribution is -0.275. The number of ether oxygens (including phenoxy) is 2. The summed E-state index contributed by atoms with van der Waals surface area (Å²) in [5.74, 6) is -4.51. The van der Waals surface area contributed by atoms with Gasteiger partial charge in [-0.3, -0.25) is 0 Å². The number of nitrogens with zero attached hydrogens (tertiary/aromatic N) is 1. The zero-order chi connectivity index (χ0) is 15.7. The molecule has 1 rings (SSSR count). The van der Waals surface area contributed by atoms with E-state index in [2.05, 4.69) is 14.5 Å². The number of carbonyl (C=O) groups is 1. The molecule has 0 saturated heterocycles. The maximum atomic E-state index is 12.4. The third kappa shape index (κ3) is 3.65. The lowest BCUT2D eigenvalue weighted by Gasteiger charge is -2.16. The molecular weight excluding hydrogens is 300 g/mol. The molecular formula is C9H5F6NO4. The van der Waals surface area contributed by atoms with Crippen molar-refractivity contribution in [2.75, 3.05) is 7.11 Å². The Morgan fingerprint density at radius 1 is 1.25 bits per heavy atom. The summed E-state index contributed by atoms with van der Waals surface area (Å²) in [5, 5.41) is 8.66. The third-order valence-electron chi connectivity index (χ3n) is 1.86. The highest BCUT2D eigenvalue weighted by Crippen LogP contribution is 2.39. The number of halogens is 6. The molecule has 0 aliphatic heterocycles. The van der Waals surface area contributed by atoms with Crippen LogP contribution in [0, 0.1) is 0 Å². The summed E-state index contributed by atoms with van der Waals surface area (Å²) in [4.78, 5) is 13.4. The van der Waals surface area contributed by atoms with Crippen molar-refractivity contribution in [1.29, 1.82) is 0 Å². The van der Waals surface area contributed by atoms with E-state index in [0.717, 1.165) is 7.11 Å². The first-order chi connectivity index (χ1) is 8.95. The zero-order valence-corrected chi connectivity index (χ0v) is 9.46. The van der Waals surface area contributed by atoms with Gasteiger partial charge in [-0.25, -0.2) is 9.78 Å². The molecule has 0 spiro atoms. The molecule has 0 aromatic carbocycles. The molecule has 0 unspecified atom stereocenters. The largest absolute Gasteiger partial charge is 0.573 e. The van der Waals surface area contributed by atoms with Crippen LogP contribution in [0.15, 0.2) is 6.07 Å². The Kier molecular flexibility index (Phi) is 4.01. The average Bonchev–Trinajstić information content (AvgIpc) is 2.24. The summed E-state index contributed by atoms with van der Waals surface area (Å²) in [6.07, 6.45) is -10.5. The third-order valence-corrected chi connectivity index (χ3v) is 1.86. The molecule has 0 amide bonds. The van der Waals surface area contributed by atoms with Crippen LogP contribution in [0.1, 0.15) is 16.2 Å². The van der Waals surface area contributed by atoms with Crippen LogP contribution < -0.4 is 9.47 Å². The molecule has 0 radical (unpaired) electrons. The molecule has 0 aliphatic rings. The first-order valence-electron chi connectivity index (χ1n) is 4.61. The van der Waals surface area contributed by atoms with E-state index in [0.29, 0.717) is 0 Å². The van der Waals surface area contributed by atoms with E-state index < -0.39 is 41.4 Å². The standard InChI is InChI=1S/C9H5F6NO4/c1-19-6-3(20-9(13,14)15)2-4(8(10,11)12)16-5(6)7(17)18/h2H,1H3,(H,17,18). The fraction of sp³-hybridized carbons (Fsp3) is 0.333. The summed E-state index contributed by atoms with van der Waals surface area (Å²) >= 11 is 0. The van der Waals surface area contributed by atoms with E-state index in [1.807, 2.05) is 0 Å². The smallest absolute Gasteiger partial charge is 0.491 e. The van der Waals surface area contributed by atoms with Crippen LogP contribution in [-0.4, -0.2) is 29.5 Å². The van der Waals surface area contributed by atoms with E-state index in [-0.39, 0.29) is 6.07 Å². The Labute approximate surface area is 106 Å². The number of aromatic nitrogens is 1. The summed E-state index contributed by atoms with van der Waals surface area (Å²) in [5.41, 5.74) is -3.20. The number of carboxylic acid groups (broad SMARTS) is 1. The Hall–Kier alpha value is -2.20. The van der Waals surface area contributed by atoms with Gasteiger partial charge in [0, 0.05) is 6.07 Å². The van der Waals surface area contributed by atoms with Gasteiger partial charge >= 0.3 is 18.5 Å². The number of pyridine rings is 1. The van der Waals surface area contributed by atoms with Gasteiger partial charge in [0.05, 0.1) is 7.11 Å². The molecule has 1 heterocycles. The van der Waals surface area contributed by atoms with Crippen LogP contribution in [-0.2, 0) is 6.18 Å². The summed E-state index contributed by atoms with van der Waals surface area (Å²) in [6.45, 7) is 0. The monoisotopic (exact) mass is 305 g/mol. The van der Waals surface area contributed by atoms with Crippen molar-refractivity contribution < 1.29 is 45.7 Å². The Morgan fingerprint density at radius 3 is 2.15 bits per heavy atom. The van der Waals surface area contributed by atoms with Crippen LogP contribution in [0.3, 0.4) is 0 Å². The van der Waals surface area contributed by atoms with Gasteiger partial charge in [0.25, 0.3) is 0 Å². The van der Waals surface area contributed by atoms with Gasteiger partial charge < -0.3 is 14.6 Å². The Morgan fingerprint density at radius 2 is 1.80 bits per heavy atom. The van der Waals surface area contributed by atoms with Gasteiger partial charge in [-0.2, -0.15) is 13.2 Å². The fourth-order valence-corrected chi connectivity index (χ4v) is 1.20. The molecule has 1 aromatic heterocycles. The topological polar surface area (TPSA) is 68.7 Å². The highest BCUT2D eigenvalue weighted by atomic mass is 19.4. The molecule has 0 atom stereocenters. The van der Waals surface area contributed by atoms with Crippen molar-refractivity contribution in [1.82, 2.24) is 4.98 Å². The summed E-state index contributed by atoms with van der Waals surface area (Å²) in [7, 11) is 0.764. The van der Waals surface area contributed by atoms with Crippen molar-refractivity contribution >= 4 is 5.97 Å². The second-order valence-electron chi connectivity index (χ2n) is 3.24. The predicted molar refractivity (Wildman–Crippen MR) is 49.4 cm³/mol. The lowest BCUT2D eigenvalue weighted by atomic mass is 10.2. The molecule has 5 nitrogen and oxygen atoms in total. The quantitative estimate of drug-likeness (QED) is 0.870. The second-order valence-corrected chi connectivity index (χ2v) is 3.24. The van der Waals surface area contributed by atoms with Crippen LogP contribution in [0.5, 0.6) is 11.5 Å². The van der Waals surface area contributed by atoms with E-state index >= 15 is 0 Å². The number of hydrogen-bond donors (Lipinski definition) is 1. The van der Waals surface area contributed by atoms with Crippen LogP contribution in [0.2, 0.25) is 0 Å². The molecule has 1 N–H and O–H groups in total. The number of alkyl halides is 6. The lowest BCUT2D eigenvalue weighted by Crippen LogP contribution is -2.20. The van der Waals surface area contributed by atoms with Crippen molar-refractivity contribution in [3.63, 3.8) is 0 Å². The molecule has 0 bridgehead atoms. The van der Waals surface area contributed by atoms with E-state index in [9.17, 15) is 31.1 Å². The second kappa shape index (κ2) is 5.06. The SMILES string of the molecule is COc1c(OC(F)(F)F)cc(C(F)(F)F)nc1C(=O)O. The van der Waals surface area contributed by atoms with Crippen molar-refractivity contribution in [2.45, 2.75) is 12.5 Å². The highest BCUT2D eigenvalue weighted by molar-refractivity contribution is 5.89. The molecule has 0 aliphatic carbocycles. The van der Waals surface area contributed by atoms with Gasteiger partial charge in [-0.1, -0.05) is 0 Å². The average molecular weight is 305 g/mol. The Balaban J connectivity index is 3.54. The molecule has 11 heteroatoms. The van der Waals surface area contributed by atoms with Crippen molar-refractivity contribution in [3.8, 4) is 11.5 Å². The van der Waals surface area contributed by atoms with Gasteiger partial charge in [0.1, 0.15) is 5.69 Å². The number of carboxylic acids is 1. The Bertz CT molecular complexity index is 524. The molecule has 20 heavy (non-hydrogen) atoms. The molecule has 0 saturated carbocycles. The van der Waals surface area contributed by atoms with Crippen molar-refractivity contribution in [2.24, 2.45) is 0 Å². The minimum atomic E-state index is -5.33. The van der Waals surface area contributed by atoms with Crippen molar-refractivity contribution in [3.05, 3.63) is 17.5 Å². The first-order valence-corrected chi connectivity index (χ1v) is 4.61. The number of aromatic carboxylic acids is 1. The number of rotatable bonds is 3. The zero-order valence-electron chi connectivity index (χ0n) is 9.46. The minimum Gasteiger partial charge on any atom is -0.491 e. The van der Waals surface area contributed by atoms with E-state index in [1.54, 1.807) is 0 Å². The minimum absolute atomic E-state index is 0.0984. The van der Waals surface area contributed by atoms with Gasteiger partial charge in [0.15, 0.2) is 17.2 Å². The summed E-state index contributed by atoms with van der Waals surface area (Å²) < 4.78 is 81.3. The predicted octanol–water partition coefficient (Wildman–Crippen LogP) is 2.71. The fourth-order valence-electron chi connectivity index (χ4n) is 1.20. The number of methoxy groups -OCH3 is 1.